The van der Waals surface area contributed by atoms with Crippen LogP contribution in [-0.4, -0.2) is 25.5 Å². The highest BCUT2D eigenvalue weighted by atomic mass is 16.6. The Balaban J connectivity index is 1.95. The van der Waals surface area contributed by atoms with Gasteiger partial charge in [-0.3, -0.25) is 4.79 Å². The first kappa shape index (κ1) is 10.6. The van der Waals surface area contributed by atoms with Gasteiger partial charge in [-0.15, -0.1) is 0 Å². The molecule has 0 spiro atoms. The van der Waals surface area contributed by atoms with Crippen molar-refractivity contribution in [2.24, 2.45) is 5.73 Å². The van der Waals surface area contributed by atoms with Crippen molar-refractivity contribution >= 4 is 5.78 Å². The number of hydrogen-bond donors (Lipinski definition) is 1. The first-order valence-corrected chi connectivity index (χ1v) is 5.85. The Morgan fingerprint density at radius 1 is 1.18 bits per heavy atom. The topological polar surface area (TPSA) is 61.6 Å². The molecule has 1 aliphatic carbocycles. The molecule has 4 heteroatoms. The molecular weight excluding hydrogens is 218 g/mol. The Morgan fingerprint density at radius 3 is 2.53 bits per heavy atom. The van der Waals surface area contributed by atoms with Crippen molar-refractivity contribution in [3.63, 3.8) is 0 Å². The van der Waals surface area contributed by atoms with E-state index in [0.29, 0.717) is 32.6 Å². The van der Waals surface area contributed by atoms with E-state index < -0.39 is 0 Å². The second-order valence-electron chi connectivity index (χ2n) is 4.74. The Labute approximate surface area is 99.7 Å². The number of hydrogen-bond acceptors (Lipinski definition) is 4. The number of Topliss-reactive ketones (excluding diaryl/α,β-unsaturated/α-hetero) is 1. The molecule has 0 aromatic heterocycles. The monoisotopic (exact) mass is 233 g/mol. The van der Waals surface area contributed by atoms with E-state index in [-0.39, 0.29) is 11.2 Å². The zero-order valence-electron chi connectivity index (χ0n) is 9.57. The summed E-state index contributed by atoms with van der Waals surface area (Å²) in [7, 11) is 0. The van der Waals surface area contributed by atoms with E-state index >= 15 is 0 Å². The van der Waals surface area contributed by atoms with Crippen LogP contribution in [0.5, 0.6) is 11.5 Å². The predicted molar refractivity (Wildman–Crippen MR) is 62.4 cm³/mol. The molecule has 2 N–H and O–H groups in total. The number of fused-ring (bicyclic) bond motifs is 1. The maximum atomic E-state index is 11.2. The molecule has 1 heterocycles. The number of nitrogens with two attached hydrogens (primary N) is 1. The van der Waals surface area contributed by atoms with E-state index in [1.807, 2.05) is 18.2 Å². The van der Waals surface area contributed by atoms with Crippen LogP contribution in [-0.2, 0) is 10.2 Å². The summed E-state index contributed by atoms with van der Waals surface area (Å²) < 4.78 is 11.0. The quantitative estimate of drug-likeness (QED) is 0.828. The van der Waals surface area contributed by atoms with Gasteiger partial charge in [0.05, 0.1) is 0 Å². The van der Waals surface area contributed by atoms with E-state index in [2.05, 4.69) is 0 Å². The molecule has 0 amide bonds. The van der Waals surface area contributed by atoms with E-state index in [1.54, 1.807) is 0 Å². The van der Waals surface area contributed by atoms with Gasteiger partial charge >= 0.3 is 0 Å². The second kappa shape index (κ2) is 3.74. The van der Waals surface area contributed by atoms with Crippen LogP contribution in [0.2, 0.25) is 0 Å². The third kappa shape index (κ3) is 1.60. The summed E-state index contributed by atoms with van der Waals surface area (Å²) in [5.41, 5.74) is 6.73. The first-order chi connectivity index (χ1) is 8.23. The van der Waals surface area contributed by atoms with Crippen LogP contribution in [0, 0.1) is 0 Å². The van der Waals surface area contributed by atoms with Gasteiger partial charge in [0.1, 0.15) is 19.0 Å². The highest BCUT2D eigenvalue weighted by molar-refractivity contribution is 5.88. The maximum absolute atomic E-state index is 11.2. The van der Waals surface area contributed by atoms with Crippen molar-refractivity contribution < 1.29 is 14.3 Å². The Hall–Kier alpha value is -1.55. The minimum atomic E-state index is -0.174. The van der Waals surface area contributed by atoms with Gasteiger partial charge in [-0.2, -0.15) is 0 Å². The lowest BCUT2D eigenvalue weighted by Gasteiger charge is -2.40. The Morgan fingerprint density at radius 2 is 1.88 bits per heavy atom. The summed E-state index contributed by atoms with van der Waals surface area (Å²) in [6.45, 7) is 1.66. The summed E-state index contributed by atoms with van der Waals surface area (Å²) >= 11 is 0. The smallest absolute Gasteiger partial charge is 0.161 e. The van der Waals surface area contributed by atoms with Crippen molar-refractivity contribution in [1.82, 2.24) is 0 Å². The SMILES string of the molecule is NCC1(c2ccc3c(c2)OCCO3)CC(=O)C1. The van der Waals surface area contributed by atoms with Gasteiger partial charge in [-0.1, -0.05) is 6.07 Å². The van der Waals surface area contributed by atoms with Gasteiger partial charge in [0.25, 0.3) is 0 Å². The van der Waals surface area contributed by atoms with E-state index in [0.717, 1.165) is 17.1 Å². The molecule has 90 valence electrons. The van der Waals surface area contributed by atoms with Gasteiger partial charge in [-0.25, -0.2) is 0 Å². The van der Waals surface area contributed by atoms with Crippen LogP contribution >= 0.6 is 0 Å². The Kier molecular flexibility index (Phi) is 2.33. The van der Waals surface area contributed by atoms with E-state index in [4.69, 9.17) is 15.2 Å². The zero-order chi connectivity index (χ0) is 11.9. The number of benzene rings is 1. The molecule has 0 atom stereocenters. The molecule has 1 fully saturated rings. The van der Waals surface area contributed by atoms with Gasteiger partial charge < -0.3 is 15.2 Å². The number of ketones is 1. The van der Waals surface area contributed by atoms with Crippen molar-refractivity contribution in [2.75, 3.05) is 19.8 Å². The molecule has 1 aliphatic heterocycles. The summed E-state index contributed by atoms with van der Waals surface area (Å²) in [4.78, 5) is 11.2. The third-order valence-electron chi connectivity index (χ3n) is 3.62. The fourth-order valence-corrected chi connectivity index (χ4v) is 2.54. The number of carbonyl (C=O) groups excluding carboxylic acids is 1. The van der Waals surface area contributed by atoms with Crippen molar-refractivity contribution in [3.8, 4) is 11.5 Å². The van der Waals surface area contributed by atoms with E-state index in [1.165, 1.54) is 0 Å². The minimum absolute atomic E-state index is 0.174. The largest absolute Gasteiger partial charge is 0.486 e. The van der Waals surface area contributed by atoms with Gasteiger partial charge in [0.2, 0.25) is 0 Å². The van der Waals surface area contributed by atoms with Gasteiger partial charge in [-0.05, 0) is 17.7 Å². The number of rotatable bonds is 2. The highest BCUT2D eigenvalue weighted by Gasteiger charge is 2.44. The molecule has 2 aliphatic rings. The average molecular weight is 233 g/mol. The van der Waals surface area contributed by atoms with Crippen molar-refractivity contribution in [1.29, 1.82) is 0 Å². The van der Waals surface area contributed by atoms with Crippen LogP contribution < -0.4 is 15.2 Å². The molecule has 0 unspecified atom stereocenters. The van der Waals surface area contributed by atoms with Crippen molar-refractivity contribution in [3.05, 3.63) is 23.8 Å². The average Bonchev–Trinajstić information content (AvgIpc) is 2.34. The summed E-state index contributed by atoms with van der Waals surface area (Å²) in [5, 5.41) is 0. The first-order valence-electron chi connectivity index (χ1n) is 5.85. The molecule has 1 saturated carbocycles. The van der Waals surface area contributed by atoms with Crippen molar-refractivity contribution in [2.45, 2.75) is 18.3 Å². The molecule has 0 radical (unpaired) electrons. The standard InChI is InChI=1S/C13H15NO3/c14-8-13(6-10(15)7-13)9-1-2-11-12(5-9)17-4-3-16-11/h1-2,5H,3-4,6-8,14H2. The summed E-state index contributed by atoms with van der Waals surface area (Å²) in [5.74, 6) is 1.82. The molecule has 4 nitrogen and oxygen atoms in total. The molecule has 17 heavy (non-hydrogen) atoms. The van der Waals surface area contributed by atoms with Gasteiger partial charge in [0.15, 0.2) is 11.5 Å². The molecular formula is C13H15NO3. The van der Waals surface area contributed by atoms with Crippen LogP contribution in [0.15, 0.2) is 18.2 Å². The lowest BCUT2D eigenvalue weighted by atomic mass is 9.63. The molecule has 0 saturated heterocycles. The molecule has 1 aromatic carbocycles. The molecule has 3 rings (SSSR count). The van der Waals surface area contributed by atoms with E-state index in [9.17, 15) is 4.79 Å². The molecule has 1 aromatic rings. The molecule has 0 bridgehead atoms. The fourth-order valence-electron chi connectivity index (χ4n) is 2.54. The fraction of sp³-hybridized carbons (Fsp3) is 0.462. The highest BCUT2D eigenvalue weighted by Crippen LogP contribution is 2.43. The number of carbonyl (C=O) groups is 1. The minimum Gasteiger partial charge on any atom is -0.486 e. The third-order valence-corrected chi connectivity index (χ3v) is 3.62. The summed E-state index contributed by atoms with van der Waals surface area (Å²) in [6, 6.07) is 5.87. The summed E-state index contributed by atoms with van der Waals surface area (Å²) in [6.07, 6.45) is 1.09. The lowest BCUT2D eigenvalue weighted by molar-refractivity contribution is -0.128. The zero-order valence-corrected chi connectivity index (χ0v) is 9.57. The van der Waals surface area contributed by atoms with Gasteiger partial charge in [0, 0.05) is 24.8 Å². The second-order valence-corrected chi connectivity index (χ2v) is 4.74. The Bertz CT molecular complexity index is 462. The number of ether oxygens (including phenoxy) is 2. The maximum Gasteiger partial charge on any atom is 0.161 e. The predicted octanol–water partition coefficient (Wildman–Crippen LogP) is 1.02. The lowest BCUT2D eigenvalue weighted by Crippen LogP contribution is -2.47. The normalized spacial score (nSPS) is 20.9. The van der Waals surface area contributed by atoms with Crippen LogP contribution in [0.3, 0.4) is 0 Å². The van der Waals surface area contributed by atoms with Crippen LogP contribution in [0.25, 0.3) is 0 Å². The van der Waals surface area contributed by atoms with Crippen LogP contribution in [0.4, 0.5) is 0 Å². The van der Waals surface area contributed by atoms with Crippen LogP contribution in [0.1, 0.15) is 18.4 Å².